The highest BCUT2D eigenvalue weighted by molar-refractivity contribution is 7.10. The summed E-state index contributed by atoms with van der Waals surface area (Å²) in [6, 6.07) is -0.466. The maximum atomic E-state index is 12.2. The summed E-state index contributed by atoms with van der Waals surface area (Å²) in [5, 5.41) is 5.96. The predicted molar refractivity (Wildman–Crippen MR) is 76.4 cm³/mol. The minimum atomic E-state index is -1.04. The van der Waals surface area contributed by atoms with E-state index in [0.717, 1.165) is 16.4 Å². The van der Waals surface area contributed by atoms with Crippen LogP contribution in [0, 0.1) is 6.92 Å². The number of aromatic nitrogens is 1. The van der Waals surface area contributed by atoms with Crippen molar-refractivity contribution in [1.29, 1.82) is 0 Å². The number of imide groups is 1. The van der Waals surface area contributed by atoms with Crippen molar-refractivity contribution >= 4 is 34.4 Å². The van der Waals surface area contributed by atoms with Crippen LogP contribution in [0.15, 0.2) is 0 Å². The van der Waals surface area contributed by atoms with Crippen molar-refractivity contribution in [3.05, 3.63) is 11.3 Å². The minimum Gasteiger partial charge on any atom is -0.449 e. The number of urea groups is 1. The third-order valence-electron chi connectivity index (χ3n) is 3.05. The summed E-state index contributed by atoms with van der Waals surface area (Å²) >= 11 is 1.14. The molecule has 1 saturated heterocycles. The third-order valence-corrected chi connectivity index (χ3v) is 4.00. The van der Waals surface area contributed by atoms with Crippen LogP contribution in [0.2, 0.25) is 0 Å². The second-order valence-electron chi connectivity index (χ2n) is 4.49. The Kier molecular flexibility index (Phi) is 4.41. The van der Waals surface area contributed by atoms with Gasteiger partial charge in [0.15, 0.2) is 6.10 Å². The molecule has 2 N–H and O–H groups in total. The maximum absolute atomic E-state index is 12.2. The highest BCUT2D eigenvalue weighted by Crippen LogP contribution is 2.25. The fourth-order valence-corrected chi connectivity index (χ4v) is 2.69. The van der Waals surface area contributed by atoms with Crippen LogP contribution in [-0.4, -0.2) is 53.4 Å². The SMILES string of the molecule is CNc1snc(C)c1C(=O)O[C@@H](C)C(=O)N1CCNC1=O. The number of carbonyl (C=O) groups excluding carboxylic acids is 3. The van der Waals surface area contributed by atoms with E-state index in [4.69, 9.17) is 4.74 Å². The molecule has 1 aliphatic heterocycles. The molecule has 21 heavy (non-hydrogen) atoms. The van der Waals surface area contributed by atoms with Crippen molar-refractivity contribution in [2.24, 2.45) is 0 Å². The number of aryl methyl sites for hydroxylation is 1. The van der Waals surface area contributed by atoms with Gasteiger partial charge in [0.2, 0.25) is 0 Å². The second-order valence-corrected chi connectivity index (χ2v) is 5.26. The Morgan fingerprint density at radius 1 is 1.52 bits per heavy atom. The first-order chi connectivity index (χ1) is 9.95. The van der Waals surface area contributed by atoms with E-state index in [1.165, 1.54) is 6.92 Å². The van der Waals surface area contributed by atoms with Gasteiger partial charge in [0.1, 0.15) is 10.6 Å². The van der Waals surface area contributed by atoms with Gasteiger partial charge in [0.25, 0.3) is 5.91 Å². The van der Waals surface area contributed by atoms with Gasteiger partial charge in [-0.25, -0.2) is 9.59 Å². The highest BCUT2D eigenvalue weighted by atomic mass is 32.1. The van der Waals surface area contributed by atoms with Gasteiger partial charge in [0.05, 0.1) is 5.69 Å². The molecule has 0 aromatic carbocycles. The lowest BCUT2D eigenvalue weighted by molar-refractivity contribution is -0.136. The minimum absolute atomic E-state index is 0.278. The fraction of sp³-hybridized carbons (Fsp3) is 0.500. The van der Waals surface area contributed by atoms with Crippen molar-refractivity contribution < 1.29 is 19.1 Å². The van der Waals surface area contributed by atoms with Gasteiger partial charge in [-0.05, 0) is 25.4 Å². The van der Waals surface area contributed by atoms with Gasteiger partial charge in [0, 0.05) is 20.1 Å². The summed E-state index contributed by atoms with van der Waals surface area (Å²) in [6.45, 7) is 3.82. The zero-order valence-corrected chi connectivity index (χ0v) is 12.7. The van der Waals surface area contributed by atoms with E-state index >= 15 is 0 Å². The number of hydrogen-bond donors (Lipinski definition) is 2. The molecule has 2 rings (SSSR count). The Balaban J connectivity index is 2.06. The Bertz CT molecular complexity index is 586. The number of carbonyl (C=O) groups is 3. The molecule has 1 fully saturated rings. The van der Waals surface area contributed by atoms with Gasteiger partial charge in [-0.3, -0.25) is 9.69 Å². The van der Waals surface area contributed by atoms with Crippen LogP contribution < -0.4 is 10.6 Å². The molecule has 1 aromatic heterocycles. The van der Waals surface area contributed by atoms with E-state index in [9.17, 15) is 14.4 Å². The van der Waals surface area contributed by atoms with E-state index < -0.39 is 24.0 Å². The number of amides is 3. The summed E-state index contributed by atoms with van der Waals surface area (Å²) < 4.78 is 9.23. The van der Waals surface area contributed by atoms with Crippen molar-refractivity contribution in [2.45, 2.75) is 20.0 Å². The molecule has 114 valence electrons. The van der Waals surface area contributed by atoms with Crippen molar-refractivity contribution in [3.8, 4) is 0 Å². The molecule has 0 bridgehead atoms. The molecule has 0 radical (unpaired) electrons. The molecule has 2 heterocycles. The normalized spacial score (nSPS) is 15.6. The van der Waals surface area contributed by atoms with E-state index in [1.807, 2.05) is 0 Å². The lowest BCUT2D eigenvalue weighted by Crippen LogP contribution is -2.41. The van der Waals surface area contributed by atoms with Crippen LogP contribution in [0.4, 0.5) is 9.80 Å². The monoisotopic (exact) mass is 312 g/mol. The molecule has 1 aromatic rings. The van der Waals surface area contributed by atoms with Gasteiger partial charge in [-0.15, -0.1) is 0 Å². The molecule has 1 atom stereocenters. The molecule has 0 spiro atoms. The summed E-state index contributed by atoms with van der Waals surface area (Å²) in [5.41, 5.74) is 0.848. The Morgan fingerprint density at radius 3 is 2.81 bits per heavy atom. The van der Waals surface area contributed by atoms with Crippen LogP contribution in [0.1, 0.15) is 23.0 Å². The number of nitrogens with one attached hydrogen (secondary N) is 2. The van der Waals surface area contributed by atoms with Crippen molar-refractivity contribution in [1.82, 2.24) is 14.6 Å². The number of nitrogens with zero attached hydrogens (tertiary/aromatic N) is 2. The molecule has 1 aliphatic rings. The lowest BCUT2D eigenvalue weighted by atomic mass is 10.2. The van der Waals surface area contributed by atoms with Crippen molar-refractivity contribution in [2.75, 3.05) is 25.5 Å². The summed E-state index contributed by atoms with van der Waals surface area (Å²) in [6.07, 6.45) is -1.04. The number of hydrogen-bond acceptors (Lipinski definition) is 7. The second kappa shape index (κ2) is 6.08. The van der Waals surface area contributed by atoms with E-state index in [2.05, 4.69) is 15.0 Å². The van der Waals surface area contributed by atoms with Gasteiger partial charge >= 0.3 is 12.0 Å². The number of ether oxygens (including phenoxy) is 1. The standard InChI is InChI=1S/C12H16N4O4S/c1-6-8(9(13-3)21-15-6)11(18)20-7(2)10(17)16-5-4-14-12(16)19/h7,13H,4-5H2,1-3H3,(H,14,19)/t7-/m0/s1. The Morgan fingerprint density at radius 2 is 2.24 bits per heavy atom. The first kappa shape index (κ1) is 15.2. The van der Waals surface area contributed by atoms with Crippen molar-refractivity contribution in [3.63, 3.8) is 0 Å². The molecule has 0 saturated carbocycles. The number of rotatable bonds is 4. The molecule has 0 unspecified atom stereocenters. The predicted octanol–water partition coefficient (Wildman–Crippen LogP) is 0.590. The average Bonchev–Trinajstić information content (AvgIpc) is 3.03. The maximum Gasteiger partial charge on any atom is 0.343 e. The largest absolute Gasteiger partial charge is 0.449 e. The lowest BCUT2D eigenvalue weighted by Gasteiger charge is -2.18. The summed E-state index contributed by atoms with van der Waals surface area (Å²) in [5.74, 6) is -1.17. The zero-order valence-electron chi connectivity index (χ0n) is 11.9. The first-order valence-corrected chi connectivity index (χ1v) is 7.17. The zero-order chi connectivity index (χ0) is 15.6. The van der Waals surface area contributed by atoms with E-state index in [-0.39, 0.29) is 6.54 Å². The van der Waals surface area contributed by atoms with Gasteiger partial charge in [-0.1, -0.05) is 0 Å². The van der Waals surface area contributed by atoms with E-state index in [1.54, 1.807) is 14.0 Å². The molecular weight excluding hydrogens is 296 g/mol. The van der Waals surface area contributed by atoms with Crippen LogP contribution in [0.5, 0.6) is 0 Å². The molecule has 0 aliphatic carbocycles. The third kappa shape index (κ3) is 2.97. The first-order valence-electron chi connectivity index (χ1n) is 6.40. The molecule has 9 heteroatoms. The van der Waals surface area contributed by atoms with Crippen LogP contribution in [0.3, 0.4) is 0 Å². The van der Waals surface area contributed by atoms with Gasteiger partial charge in [-0.2, -0.15) is 4.37 Å². The molecule has 8 nitrogen and oxygen atoms in total. The molecule has 3 amide bonds. The van der Waals surface area contributed by atoms with E-state index in [0.29, 0.717) is 22.8 Å². The number of esters is 1. The van der Waals surface area contributed by atoms with Crippen LogP contribution >= 0.6 is 11.5 Å². The Labute approximate surface area is 125 Å². The highest BCUT2D eigenvalue weighted by Gasteiger charge is 2.32. The summed E-state index contributed by atoms with van der Waals surface area (Å²) in [7, 11) is 1.67. The van der Waals surface area contributed by atoms with Gasteiger partial charge < -0.3 is 15.4 Å². The number of anilines is 1. The summed E-state index contributed by atoms with van der Waals surface area (Å²) in [4.78, 5) is 36.7. The smallest absolute Gasteiger partial charge is 0.343 e. The average molecular weight is 312 g/mol. The van der Waals surface area contributed by atoms with Crippen LogP contribution in [-0.2, 0) is 9.53 Å². The fourth-order valence-electron chi connectivity index (χ4n) is 1.95. The quantitative estimate of drug-likeness (QED) is 0.789. The topological polar surface area (TPSA) is 101 Å². The Hall–Kier alpha value is -2.16. The molecular formula is C12H16N4O4S. The van der Waals surface area contributed by atoms with Crippen LogP contribution in [0.25, 0.3) is 0 Å².